The van der Waals surface area contributed by atoms with Gasteiger partial charge in [-0.05, 0) is 0 Å². The molecule has 0 bridgehead atoms. The molecule has 0 aliphatic carbocycles. The number of nitrogens with one attached hydrogen (secondary N) is 1. The molecule has 6 nitrogen and oxygen atoms in total. The molecular formula is C8H15NO5. The minimum Gasteiger partial charge on any atom is -0.394 e. The molecule has 0 saturated carbocycles. The molecule has 1 heterocycles. The molecule has 1 saturated heterocycles. The van der Waals surface area contributed by atoms with Crippen LogP contribution >= 0.6 is 0 Å². The van der Waals surface area contributed by atoms with E-state index in [-0.39, 0.29) is 12.3 Å². The third kappa shape index (κ3) is 2.65. The highest BCUT2D eigenvalue weighted by atomic mass is 16.5. The summed E-state index contributed by atoms with van der Waals surface area (Å²) in [5, 5.41) is 30.0. The first kappa shape index (κ1) is 11.4. The smallest absolute Gasteiger partial charge is 0.218 e. The van der Waals surface area contributed by atoms with Gasteiger partial charge < -0.3 is 25.4 Å². The van der Waals surface area contributed by atoms with Crippen molar-refractivity contribution in [1.82, 2.24) is 5.32 Å². The molecule has 0 aromatic rings. The molecular weight excluding hydrogens is 190 g/mol. The average Bonchev–Trinajstić information content (AvgIpc) is 2.10. The molecule has 1 rings (SSSR count). The van der Waals surface area contributed by atoms with Gasteiger partial charge in [0.25, 0.3) is 0 Å². The van der Waals surface area contributed by atoms with E-state index in [1.54, 1.807) is 0 Å². The van der Waals surface area contributed by atoms with Crippen LogP contribution in [0.25, 0.3) is 0 Å². The summed E-state index contributed by atoms with van der Waals surface area (Å²) in [6.45, 7) is 0.934. The number of aliphatic hydroxyl groups excluding tert-OH is 3. The predicted molar refractivity (Wildman–Crippen MR) is 46.2 cm³/mol. The van der Waals surface area contributed by atoms with Crippen molar-refractivity contribution in [3.8, 4) is 0 Å². The lowest BCUT2D eigenvalue weighted by molar-refractivity contribution is -0.188. The Balaban J connectivity index is 2.53. The van der Waals surface area contributed by atoms with E-state index in [9.17, 15) is 15.0 Å². The molecule has 1 aliphatic rings. The van der Waals surface area contributed by atoms with Crippen molar-refractivity contribution in [2.24, 2.45) is 0 Å². The van der Waals surface area contributed by atoms with Crippen LogP contribution < -0.4 is 5.32 Å². The number of aliphatic hydroxyl groups is 3. The summed E-state index contributed by atoms with van der Waals surface area (Å²) in [5.41, 5.74) is 0. The third-order valence-corrected chi connectivity index (χ3v) is 2.11. The van der Waals surface area contributed by atoms with Crippen molar-refractivity contribution in [2.75, 3.05) is 6.61 Å². The van der Waals surface area contributed by atoms with Crippen LogP contribution in [0.1, 0.15) is 13.3 Å². The minimum absolute atomic E-state index is 0.122. The van der Waals surface area contributed by atoms with Crippen molar-refractivity contribution in [1.29, 1.82) is 0 Å². The molecule has 0 radical (unpaired) electrons. The van der Waals surface area contributed by atoms with Gasteiger partial charge in [-0.1, -0.05) is 0 Å². The van der Waals surface area contributed by atoms with Crippen LogP contribution in [0.4, 0.5) is 0 Å². The highest BCUT2D eigenvalue weighted by Gasteiger charge is 2.36. The summed E-state index contributed by atoms with van der Waals surface area (Å²) >= 11 is 0. The van der Waals surface area contributed by atoms with E-state index in [0.29, 0.717) is 0 Å². The molecule has 6 heteroatoms. The quantitative estimate of drug-likeness (QED) is 0.416. The number of carbonyl (C=O) groups excluding carboxylic acids is 1. The topological polar surface area (TPSA) is 99.0 Å². The fourth-order valence-electron chi connectivity index (χ4n) is 1.42. The Morgan fingerprint density at radius 3 is 2.71 bits per heavy atom. The van der Waals surface area contributed by atoms with Gasteiger partial charge in [0.2, 0.25) is 5.91 Å². The van der Waals surface area contributed by atoms with Gasteiger partial charge in [-0.3, -0.25) is 4.79 Å². The fourth-order valence-corrected chi connectivity index (χ4v) is 1.42. The molecule has 1 aliphatic heterocycles. The molecule has 1 amide bonds. The SMILES string of the molecule is CC(=O)NC1C[C@@H](O)[C@@H](O)[C@@H](CO)O1. The Bertz CT molecular complexity index is 210. The minimum atomic E-state index is -1.11. The van der Waals surface area contributed by atoms with Gasteiger partial charge in [-0.15, -0.1) is 0 Å². The number of carbonyl (C=O) groups is 1. The molecule has 0 aromatic carbocycles. The van der Waals surface area contributed by atoms with E-state index < -0.39 is 31.1 Å². The first-order chi connectivity index (χ1) is 6.54. The van der Waals surface area contributed by atoms with Gasteiger partial charge >= 0.3 is 0 Å². The van der Waals surface area contributed by atoms with E-state index >= 15 is 0 Å². The van der Waals surface area contributed by atoms with Crippen molar-refractivity contribution in [2.45, 2.75) is 37.9 Å². The van der Waals surface area contributed by atoms with Crippen molar-refractivity contribution in [3.05, 3.63) is 0 Å². The molecule has 14 heavy (non-hydrogen) atoms. The predicted octanol–water partition coefficient (Wildman–Crippen LogP) is -2.05. The monoisotopic (exact) mass is 205 g/mol. The Hall–Kier alpha value is -0.690. The zero-order chi connectivity index (χ0) is 10.7. The summed E-state index contributed by atoms with van der Waals surface area (Å²) in [4.78, 5) is 10.7. The summed E-state index contributed by atoms with van der Waals surface area (Å²) in [6, 6.07) is 0. The summed E-state index contributed by atoms with van der Waals surface area (Å²) in [5.74, 6) is -0.282. The maximum Gasteiger partial charge on any atom is 0.218 e. The second-order valence-electron chi connectivity index (χ2n) is 3.34. The van der Waals surface area contributed by atoms with Crippen LogP contribution in [0, 0.1) is 0 Å². The Morgan fingerprint density at radius 1 is 1.57 bits per heavy atom. The number of hydrogen-bond donors (Lipinski definition) is 4. The van der Waals surface area contributed by atoms with Crippen LogP contribution in [0.5, 0.6) is 0 Å². The van der Waals surface area contributed by atoms with E-state index in [4.69, 9.17) is 9.84 Å². The van der Waals surface area contributed by atoms with Crippen molar-refractivity contribution in [3.63, 3.8) is 0 Å². The number of hydrogen-bond acceptors (Lipinski definition) is 5. The van der Waals surface area contributed by atoms with Crippen molar-refractivity contribution < 1.29 is 24.9 Å². The number of rotatable bonds is 2. The zero-order valence-electron chi connectivity index (χ0n) is 7.88. The number of ether oxygens (including phenoxy) is 1. The first-order valence-electron chi connectivity index (χ1n) is 4.44. The molecule has 4 atom stereocenters. The summed E-state index contributed by atoms with van der Waals surface area (Å²) in [7, 11) is 0. The second kappa shape index (κ2) is 4.70. The molecule has 1 unspecified atom stereocenters. The third-order valence-electron chi connectivity index (χ3n) is 2.11. The molecule has 4 N–H and O–H groups in total. The Labute approximate surface area is 81.5 Å². The van der Waals surface area contributed by atoms with Gasteiger partial charge in [0.1, 0.15) is 18.4 Å². The number of amides is 1. The van der Waals surface area contributed by atoms with Gasteiger partial charge in [-0.25, -0.2) is 0 Å². The van der Waals surface area contributed by atoms with Crippen LogP contribution in [0.3, 0.4) is 0 Å². The Morgan fingerprint density at radius 2 is 2.21 bits per heavy atom. The standard InChI is InChI=1S/C8H15NO5/c1-4(11)9-7-2-5(12)8(13)6(3-10)14-7/h5-8,10,12-13H,2-3H2,1H3,(H,9,11)/t5-,6-,7?,8-/m1/s1. The molecule has 1 fully saturated rings. The van der Waals surface area contributed by atoms with E-state index in [0.717, 1.165) is 0 Å². The maximum absolute atomic E-state index is 10.7. The van der Waals surface area contributed by atoms with Gasteiger partial charge in [0.05, 0.1) is 12.7 Å². The Kier molecular flexibility index (Phi) is 3.82. The summed E-state index contributed by atoms with van der Waals surface area (Å²) < 4.78 is 5.14. The lowest BCUT2D eigenvalue weighted by Gasteiger charge is -2.36. The largest absolute Gasteiger partial charge is 0.394 e. The van der Waals surface area contributed by atoms with Crippen LogP contribution in [0.15, 0.2) is 0 Å². The van der Waals surface area contributed by atoms with Crippen LogP contribution in [-0.2, 0) is 9.53 Å². The lowest BCUT2D eigenvalue weighted by atomic mass is 10.0. The molecule has 82 valence electrons. The fraction of sp³-hybridized carbons (Fsp3) is 0.875. The van der Waals surface area contributed by atoms with Crippen LogP contribution in [0.2, 0.25) is 0 Å². The van der Waals surface area contributed by atoms with Gasteiger partial charge in [0.15, 0.2) is 0 Å². The normalized spacial score (nSPS) is 38.0. The first-order valence-corrected chi connectivity index (χ1v) is 4.44. The van der Waals surface area contributed by atoms with E-state index in [2.05, 4.69) is 5.32 Å². The van der Waals surface area contributed by atoms with Crippen LogP contribution in [-0.4, -0.2) is 52.4 Å². The van der Waals surface area contributed by atoms with E-state index in [1.807, 2.05) is 0 Å². The summed E-state index contributed by atoms with van der Waals surface area (Å²) in [6.07, 6.45) is -3.47. The van der Waals surface area contributed by atoms with Gasteiger partial charge in [0, 0.05) is 13.3 Å². The molecule has 0 spiro atoms. The molecule has 0 aromatic heterocycles. The maximum atomic E-state index is 10.7. The van der Waals surface area contributed by atoms with Crippen molar-refractivity contribution >= 4 is 5.91 Å². The van der Waals surface area contributed by atoms with Gasteiger partial charge in [-0.2, -0.15) is 0 Å². The lowest BCUT2D eigenvalue weighted by Crippen LogP contribution is -2.54. The van der Waals surface area contributed by atoms with E-state index in [1.165, 1.54) is 6.92 Å². The zero-order valence-corrected chi connectivity index (χ0v) is 7.88. The highest BCUT2D eigenvalue weighted by Crippen LogP contribution is 2.18. The highest BCUT2D eigenvalue weighted by molar-refractivity contribution is 5.73. The second-order valence-corrected chi connectivity index (χ2v) is 3.34. The average molecular weight is 205 g/mol.